The van der Waals surface area contributed by atoms with Crippen LogP contribution in [0.1, 0.15) is 51.4 Å². The third-order valence-corrected chi connectivity index (χ3v) is 4.33. The molecule has 1 aromatic rings. The van der Waals surface area contributed by atoms with E-state index in [9.17, 15) is 14.7 Å². The van der Waals surface area contributed by atoms with Crippen molar-refractivity contribution in [3.8, 4) is 0 Å². The molecule has 1 heterocycles. The number of amides is 1. The number of carbonyl (C=O) groups is 2. The number of carboxylic acids is 1. The second-order valence-electron chi connectivity index (χ2n) is 8.23. The fourth-order valence-corrected chi connectivity index (χ4v) is 3.31. The Balaban J connectivity index is 2.22. The van der Waals surface area contributed by atoms with E-state index in [1.165, 1.54) is 0 Å². The number of hydrogen-bond acceptors (Lipinski definition) is 4. The van der Waals surface area contributed by atoms with Gasteiger partial charge in [0, 0.05) is 19.6 Å². The predicted octanol–water partition coefficient (Wildman–Crippen LogP) is 3.86. The van der Waals surface area contributed by atoms with Crippen molar-refractivity contribution in [2.45, 2.75) is 52.7 Å². The molecule has 0 radical (unpaired) electrons. The molecule has 1 aromatic carbocycles. The number of aromatic carboxylic acids is 1. The normalized spacial score (nSPS) is 18.2. The van der Waals surface area contributed by atoms with Gasteiger partial charge in [-0.25, -0.2) is 9.59 Å². The van der Waals surface area contributed by atoms with E-state index >= 15 is 0 Å². The number of carboxylic acid groups (broad SMARTS) is 1. The van der Waals surface area contributed by atoms with Crippen LogP contribution in [-0.2, 0) is 4.74 Å². The molecule has 0 aliphatic carbocycles. The number of benzene rings is 1. The molecule has 144 valence electrons. The van der Waals surface area contributed by atoms with Crippen molar-refractivity contribution >= 4 is 17.7 Å². The van der Waals surface area contributed by atoms with E-state index in [1.54, 1.807) is 17.0 Å². The van der Waals surface area contributed by atoms with Crippen LogP contribution in [0.2, 0.25) is 0 Å². The van der Waals surface area contributed by atoms with Crippen LogP contribution in [0.4, 0.5) is 10.5 Å². The first kappa shape index (κ1) is 20.1. The molecule has 0 spiro atoms. The summed E-state index contributed by atoms with van der Waals surface area (Å²) in [6.45, 7) is 11.5. The lowest BCUT2D eigenvalue weighted by molar-refractivity contribution is 0.0119. The number of hydrogen-bond donors (Lipinski definition) is 1. The molecule has 0 saturated carbocycles. The zero-order valence-corrected chi connectivity index (χ0v) is 16.4. The number of piperazine rings is 1. The molecule has 1 atom stereocenters. The van der Waals surface area contributed by atoms with Crippen molar-refractivity contribution in [3.63, 3.8) is 0 Å². The Hall–Kier alpha value is -2.24. The molecular formula is C20H30N2O4. The standard InChI is InChI=1S/C20H30N2O4/c1-14(2)12-15-13-21(17-9-7-6-8-16(17)18(23)24)10-11-22(15)19(25)26-20(3,4)5/h6-9,14-15H,10-13H2,1-5H3,(H,23,24)/t15-/m1/s1. The van der Waals surface area contributed by atoms with Crippen LogP contribution in [0.25, 0.3) is 0 Å². The van der Waals surface area contributed by atoms with Gasteiger partial charge in [0.15, 0.2) is 0 Å². The second-order valence-corrected chi connectivity index (χ2v) is 8.23. The molecule has 6 nitrogen and oxygen atoms in total. The molecule has 2 rings (SSSR count). The van der Waals surface area contributed by atoms with Gasteiger partial charge in [-0.2, -0.15) is 0 Å². The summed E-state index contributed by atoms with van der Waals surface area (Å²) in [7, 11) is 0. The first-order valence-electron chi connectivity index (χ1n) is 9.15. The van der Waals surface area contributed by atoms with Gasteiger partial charge in [-0.15, -0.1) is 0 Å². The SMILES string of the molecule is CC(C)C[C@@H]1CN(c2ccccc2C(=O)O)CCN1C(=O)OC(C)(C)C. The molecule has 1 aliphatic rings. The highest BCUT2D eigenvalue weighted by atomic mass is 16.6. The van der Waals surface area contributed by atoms with Crippen molar-refractivity contribution in [1.82, 2.24) is 4.90 Å². The van der Waals surface area contributed by atoms with E-state index in [0.717, 1.165) is 6.42 Å². The van der Waals surface area contributed by atoms with Gasteiger partial charge in [-0.1, -0.05) is 26.0 Å². The maximum atomic E-state index is 12.6. The molecule has 1 fully saturated rings. The van der Waals surface area contributed by atoms with Gasteiger partial charge in [0.25, 0.3) is 0 Å². The monoisotopic (exact) mass is 362 g/mol. The summed E-state index contributed by atoms with van der Waals surface area (Å²) < 4.78 is 5.57. The summed E-state index contributed by atoms with van der Waals surface area (Å²) in [6.07, 6.45) is 0.541. The van der Waals surface area contributed by atoms with E-state index in [4.69, 9.17) is 4.74 Å². The molecule has 6 heteroatoms. The molecular weight excluding hydrogens is 332 g/mol. The van der Waals surface area contributed by atoms with Crippen LogP contribution in [0.3, 0.4) is 0 Å². The summed E-state index contributed by atoms with van der Waals surface area (Å²) in [5.74, 6) is -0.518. The smallest absolute Gasteiger partial charge is 0.410 e. The Morgan fingerprint density at radius 2 is 1.88 bits per heavy atom. The van der Waals surface area contributed by atoms with Crippen LogP contribution in [0.15, 0.2) is 24.3 Å². The molecule has 0 aromatic heterocycles. The van der Waals surface area contributed by atoms with E-state index in [1.807, 2.05) is 32.9 Å². The van der Waals surface area contributed by atoms with Crippen LogP contribution in [0, 0.1) is 5.92 Å². The highest BCUT2D eigenvalue weighted by Gasteiger charge is 2.34. The Labute approximate surface area is 155 Å². The van der Waals surface area contributed by atoms with Gasteiger partial charge >= 0.3 is 12.1 Å². The van der Waals surface area contributed by atoms with E-state index in [2.05, 4.69) is 18.7 Å². The lowest BCUT2D eigenvalue weighted by atomic mass is 9.99. The van der Waals surface area contributed by atoms with Gasteiger partial charge < -0.3 is 19.6 Å². The zero-order valence-electron chi connectivity index (χ0n) is 16.4. The molecule has 1 saturated heterocycles. The average Bonchev–Trinajstić information content (AvgIpc) is 2.52. The highest BCUT2D eigenvalue weighted by molar-refractivity contribution is 5.94. The third-order valence-electron chi connectivity index (χ3n) is 4.33. The Bertz CT molecular complexity index is 651. The fraction of sp³-hybridized carbons (Fsp3) is 0.600. The topological polar surface area (TPSA) is 70.1 Å². The largest absolute Gasteiger partial charge is 0.478 e. The van der Waals surface area contributed by atoms with Crippen molar-refractivity contribution in [2.24, 2.45) is 5.92 Å². The lowest BCUT2D eigenvalue weighted by Gasteiger charge is -2.43. The number of ether oxygens (including phenoxy) is 1. The quantitative estimate of drug-likeness (QED) is 0.881. The van der Waals surface area contributed by atoms with Crippen molar-refractivity contribution < 1.29 is 19.4 Å². The minimum atomic E-state index is -0.935. The van der Waals surface area contributed by atoms with Gasteiger partial charge in [0.1, 0.15) is 5.60 Å². The van der Waals surface area contributed by atoms with E-state index in [0.29, 0.717) is 36.8 Å². The van der Waals surface area contributed by atoms with Crippen LogP contribution >= 0.6 is 0 Å². The number of nitrogens with zero attached hydrogens (tertiary/aromatic N) is 2. The number of rotatable bonds is 4. The third kappa shape index (κ3) is 5.13. The van der Waals surface area contributed by atoms with Gasteiger partial charge in [-0.3, -0.25) is 0 Å². The highest BCUT2D eigenvalue weighted by Crippen LogP contribution is 2.27. The first-order valence-corrected chi connectivity index (χ1v) is 9.15. The number of carbonyl (C=O) groups excluding carboxylic acids is 1. The molecule has 0 bridgehead atoms. The lowest BCUT2D eigenvalue weighted by Crippen LogP contribution is -2.56. The minimum absolute atomic E-state index is 0.0135. The predicted molar refractivity (Wildman–Crippen MR) is 102 cm³/mol. The van der Waals surface area contributed by atoms with E-state index in [-0.39, 0.29) is 12.1 Å². The Morgan fingerprint density at radius 3 is 2.46 bits per heavy atom. The van der Waals surface area contributed by atoms with Crippen molar-refractivity contribution in [1.29, 1.82) is 0 Å². The minimum Gasteiger partial charge on any atom is -0.478 e. The molecule has 1 N–H and O–H groups in total. The number of para-hydroxylation sites is 1. The first-order chi connectivity index (χ1) is 12.1. The summed E-state index contributed by atoms with van der Waals surface area (Å²) in [6, 6.07) is 7.02. The number of anilines is 1. The average molecular weight is 362 g/mol. The molecule has 1 amide bonds. The van der Waals surface area contributed by atoms with Gasteiger partial charge in [-0.05, 0) is 45.2 Å². The Morgan fingerprint density at radius 1 is 1.23 bits per heavy atom. The molecule has 26 heavy (non-hydrogen) atoms. The summed E-state index contributed by atoms with van der Waals surface area (Å²) in [5, 5.41) is 9.46. The second kappa shape index (κ2) is 7.98. The maximum absolute atomic E-state index is 12.6. The summed E-state index contributed by atoms with van der Waals surface area (Å²) in [4.78, 5) is 28.0. The van der Waals surface area contributed by atoms with Crippen LogP contribution < -0.4 is 4.90 Å². The molecule has 1 aliphatic heterocycles. The van der Waals surface area contributed by atoms with E-state index < -0.39 is 11.6 Å². The van der Waals surface area contributed by atoms with Crippen molar-refractivity contribution in [2.75, 3.05) is 24.5 Å². The zero-order chi connectivity index (χ0) is 19.5. The summed E-state index contributed by atoms with van der Waals surface area (Å²) in [5.41, 5.74) is 0.464. The molecule has 0 unspecified atom stereocenters. The maximum Gasteiger partial charge on any atom is 0.410 e. The summed E-state index contributed by atoms with van der Waals surface area (Å²) >= 11 is 0. The van der Waals surface area contributed by atoms with Gasteiger partial charge in [0.2, 0.25) is 0 Å². The Kier molecular flexibility index (Phi) is 6.16. The van der Waals surface area contributed by atoms with Crippen LogP contribution in [-0.4, -0.2) is 53.3 Å². The van der Waals surface area contributed by atoms with Crippen molar-refractivity contribution in [3.05, 3.63) is 29.8 Å². The van der Waals surface area contributed by atoms with Crippen LogP contribution in [0.5, 0.6) is 0 Å². The fourth-order valence-electron chi connectivity index (χ4n) is 3.31. The van der Waals surface area contributed by atoms with Gasteiger partial charge in [0.05, 0.1) is 17.3 Å².